The molecule has 0 fully saturated rings. The van der Waals surface area contributed by atoms with Crippen LogP contribution in [0.4, 0.5) is 24.5 Å². The highest BCUT2D eigenvalue weighted by molar-refractivity contribution is 6.30. The van der Waals surface area contributed by atoms with E-state index >= 15 is 0 Å². The van der Waals surface area contributed by atoms with E-state index in [0.29, 0.717) is 32.8 Å². The highest BCUT2D eigenvalue weighted by Crippen LogP contribution is 2.49. The average Bonchev–Trinajstić information content (AvgIpc) is 3.19. The molecule has 11 heteroatoms. The SMILES string of the molecule is CCOc1cc([C@@H]2C3=C(C[C@H](c4ccc(Cl)cc4)CC3=O)Nc3ccccc3N2C(=O)C(F)(F)F)ccc1OCc1ccc(Cl)cc1. The molecule has 242 valence electrons. The predicted octanol–water partition coefficient (Wildman–Crippen LogP) is 9.43. The Morgan fingerprint density at radius 1 is 0.872 bits per heavy atom. The number of fused-ring (bicyclic) bond motifs is 1. The van der Waals surface area contributed by atoms with Crippen molar-refractivity contribution >= 4 is 46.3 Å². The summed E-state index contributed by atoms with van der Waals surface area (Å²) in [4.78, 5) is 28.1. The molecule has 2 atom stereocenters. The number of ether oxygens (including phenoxy) is 2. The normalized spacial score (nSPS) is 17.7. The summed E-state index contributed by atoms with van der Waals surface area (Å²) in [6.45, 7) is 2.18. The number of benzene rings is 4. The molecule has 0 unspecified atom stereocenters. The van der Waals surface area contributed by atoms with Crippen molar-refractivity contribution in [3.05, 3.63) is 129 Å². The van der Waals surface area contributed by atoms with Gasteiger partial charge in [-0.3, -0.25) is 14.5 Å². The van der Waals surface area contributed by atoms with Crippen LogP contribution in [-0.4, -0.2) is 24.5 Å². The van der Waals surface area contributed by atoms with E-state index in [2.05, 4.69) is 5.32 Å². The van der Waals surface area contributed by atoms with Gasteiger partial charge in [-0.05, 0) is 84.5 Å². The number of halogens is 5. The second-order valence-electron chi connectivity index (χ2n) is 11.2. The van der Waals surface area contributed by atoms with E-state index in [4.69, 9.17) is 32.7 Å². The number of alkyl halides is 3. The third kappa shape index (κ3) is 6.82. The van der Waals surface area contributed by atoms with Crippen LogP contribution >= 0.6 is 23.2 Å². The summed E-state index contributed by atoms with van der Waals surface area (Å²) in [7, 11) is 0. The summed E-state index contributed by atoms with van der Waals surface area (Å²) in [6, 6.07) is 23.8. The lowest BCUT2D eigenvalue weighted by Gasteiger charge is -2.35. The maximum Gasteiger partial charge on any atom is 0.471 e. The van der Waals surface area contributed by atoms with Crippen LogP contribution < -0.4 is 19.7 Å². The Hall–Kier alpha value is -4.47. The first kappa shape index (κ1) is 32.5. The van der Waals surface area contributed by atoms with Gasteiger partial charge >= 0.3 is 12.1 Å². The molecule has 0 radical (unpaired) electrons. The number of hydrogen-bond donors (Lipinski definition) is 1. The standard InChI is InChI=1S/C36H29Cl2F3N2O4/c1-2-46-32-19-23(11-16-31(32)47-20-21-7-12-25(37)13-8-21)34-33-28(17-24(18-30(33)44)22-9-14-26(38)15-10-22)42-27-5-3-4-6-29(27)43(34)35(45)36(39,40)41/h3-16,19,24,34,42H,2,17-18,20H2,1H3/t24-,34+/m0/s1. The number of carbonyl (C=O) groups is 2. The van der Waals surface area contributed by atoms with Gasteiger partial charge in [0, 0.05) is 27.7 Å². The third-order valence-electron chi connectivity index (χ3n) is 8.18. The number of amides is 1. The van der Waals surface area contributed by atoms with Gasteiger partial charge in [-0.1, -0.05) is 65.7 Å². The lowest BCUT2D eigenvalue weighted by Crippen LogP contribution is -2.45. The zero-order valence-corrected chi connectivity index (χ0v) is 26.6. The number of nitrogens with one attached hydrogen (secondary N) is 1. The first-order valence-electron chi connectivity index (χ1n) is 15.0. The molecule has 4 aromatic rings. The van der Waals surface area contributed by atoms with Crippen LogP contribution in [0, 0.1) is 0 Å². The molecule has 0 spiro atoms. The van der Waals surface area contributed by atoms with Crippen LogP contribution in [0.2, 0.25) is 10.0 Å². The third-order valence-corrected chi connectivity index (χ3v) is 8.69. The summed E-state index contributed by atoms with van der Waals surface area (Å²) >= 11 is 12.1. The van der Waals surface area contributed by atoms with Gasteiger partial charge in [-0.15, -0.1) is 0 Å². The average molecular weight is 682 g/mol. The van der Waals surface area contributed by atoms with Crippen molar-refractivity contribution in [3.63, 3.8) is 0 Å². The molecule has 1 N–H and O–H groups in total. The first-order valence-corrected chi connectivity index (χ1v) is 15.7. The molecule has 0 saturated heterocycles. The van der Waals surface area contributed by atoms with Crippen molar-refractivity contribution < 1.29 is 32.2 Å². The molecule has 0 aromatic heterocycles. The molecule has 6 rings (SSSR count). The Balaban J connectivity index is 1.48. The van der Waals surface area contributed by atoms with Crippen molar-refractivity contribution in [1.82, 2.24) is 0 Å². The molecule has 1 amide bonds. The number of allylic oxidation sites excluding steroid dienone is 1. The molecule has 0 bridgehead atoms. The molecule has 6 nitrogen and oxygen atoms in total. The lowest BCUT2D eigenvalue weighted by molar-refractivity contribution is -0.170. The fraction of sp³-hybridized carbons (Fsp3) is 0.222. The lowest BCUT2D eigenvalue weighted by atomic mass is 9.78. The molecular formula is C36H29Cl2F3N2O4. The van der Waals surface area contributed by atoms with Gasteiger partial charge in [-0.2, -0.15) is 13.2 Å². The molecule has 2 aliphatic rings. The summed E-state index contributed by atoms with van der Waals surface area (Å²) in [5, 5.41) is 4.36. The van der Waals surface area contributed by atoms with Gasteiger partial charge in [0.05, 0.1) is 24.0 Å². The minimum Gasteiger partial charge on any atom is -0.490 e. The fourth-order valence-electron chi connectivity index (χ4n) is 6.06. The van der Waals surface area contributed by atoms with E-state index in [0.717, 1.165) is 11.1 Å². The quantitative estimate of drug-likeness (QED) is 0.211. The smallest absolute Gasteiger partial charge is 0.471 e. The summed E-state index contributed by atoms with van der Waals surface area (Å²) in [6.07, 6.45) is -4.88. The Morgan fingerprint density at radius 3 is 2.21 bits per heavy atom. The minimum atomic E-state index is -5.23. The fourth-order valence-corrected chi connectivity index (χ4v) is 6.31. The van der Waals surface area contributed by atoms with Crippen LogP contribution in [0.1, 0.15) is 48.4 Å². The van der Waals surface area contributed by atoms with Gasteiger partial charge in [0.2, 0.25) is 0 Å². The second-order valence-corrected chi connectivity index (χ2v) is 12.1. The van der Waals surface area contributed by atoms with Gasteiger partial charge < -0.3 is 14.8 Å². The second kappa shape index (κ2) is 13.3. The van der Waals surface area contributed by atoms with Crippen LogP contribution in [0.25, 0.3) is 0 Å². The van der Waals surface area contributed by atoms with Crippen molar-refractivity contribution in [2.45, 2.75) is 44.5 Å². The van der Waals surface area contributed by atoms with E-state index in [1.54, 1.807) is 67.6 Å². The van der Waals surface area contributed by atoms with Crippen LogP contribution in [0.5, 0.6) is 11.5 Å². The number of rotatable bonds is 7. The topological polar surface area (TPSA) is 67.9 Å². The largest absolute Gasteiger partial charge is 0.490 e. The summed E-state index contributed by atoms with van der Waals surface area (Å²) in [5.41, 5.74) is 2.76. The highest BCUT2D eigenvalue weighted by Gasteiger charge is 2.50. The van der Waals surface area contributed by atoms with E-state index in [1.807, 2.05) is 24.3 Å². The maximum atomic E-state index is 14.4. The van der Waals surface area contributed by atoms with Crippen LogP contribution in [-0.2, 0) is 16.2 Å². The summed E-state index contributed by atoms with van der Waals surface area (Å²) in [5.74, 6) is -2.13. The predicted molar refractivity (Wildman–Crippen MR) is 175 cm³/mol. The van der Waals surface area contributed by atoms with Crippen molar-refractivity contribution in [2.24, 2.45) is 0 Å². The zero-order valence-electron chi connectivity index (χ0n) is 25.1. The number of hydrogen-bond acceptors (Lipinski definition) is 5. The Bertz CT molecular complexity index is 1840. The van der Waals surface area contributed by atoms with E-state index in [9.17, 15) is 22.8 Å². The minimum absolute atomic E-state index is 0.00825. The van der Waals surface area contributed by atoms with Crippen molar-refractivity contribution in [3.8, 4) is 11.5 Å². The molecule has 1 aliphatic carbocycles. The number of carbonyl (C=O) groups excluding carboxylic acids is 2. The first-order chi connectivity index (χ1) is 22.5. The van der Waals surface area contributed by atoms with Crippen molar-refractivity contribution in [1.29, 1.82) is 0 Å². The zero-order chi connectivity index (χ0) is 33.3. The van der Waals surface area contributed by atoms with Crippen LogP contribution in [0.3, 0.4) is 0 Å². The summed E-state index contributed by atoms with van der Waals surface area (Å²) < 4.78 is 55.0. The molecule has 4 aromatic carbocycles. The number of nitrogens with zero attached hydrogens (tertiary/aromatic N) is 1. The van der Waals surface area contributed by atoms with Crippen LogP contribution in [0.15, 0.2) is 102 Å². The van der Waals surface area contributed by atoms with Gasteiger partial charge in [0.15, 0.2) is 17.3 Å². The van der Waals surface area contributed by atoms with Gasteiger partial charge in [0.1, 0.15) is 6.61 Å². The van der Waals surface area contributed by atoms with E-state index in [1.165, 1.54) is 6.07 Å². The number of Topliss-reactive ketones (excluding diaryl/α,β-unsaturated/α-hetero) is 1. The molecule has 0 saturated carbocycles. The molecule has 1 heterocycles. The van der Waals surface area contributed by atoms with E-state index < -0.39 is 18.1 Å². The highest BCUT2D eigenvalue weighted by atomic mass is 35.5. The Morgan fingerprint density at radius 2 is 1.53 bits per heavy atom. The van der Waals surface area contributed by atoms with Gasteiger partial charge in [0.25, 0.3) is 0 Å². The van der Waals surface area contributed by atoms with Gasteiger partial charge in [-0.25, -0.2) is 0 Å². The number of anilines is 2. The number of para-hydroxylation sites is 2. The maximum absolute atomic E-state index is 14.4. The Kier molecular flexibility index (Phi) is 9.21. The van der Waals surface area contributed by atoms with E-state index in [-0.39, 0.29) is 59.6 Å². The monoisotopic (exact) mass is 680 g/mol. The van der Waals surface area contributed by atoms with Crippen molar-refractivity contribution in [2.75, 3.05) is 16.8 Å². The molecule has 1 aliphatic heterocycles. The molecule has 47 heavy (non-hydrogen) atoms. The Labute approximate surface area is 279 Å². The number of ketones is 1. The molecular weight excluding hydrogens is 652 g/mol.